The third-order valence-electron chi connectivity index (χ3n) is 6.60. The van der Waals surface area contributed by atoms with Crippen molar-refractivity contribution in [3.05, 3.63) is 129 Å². The number of hydrogen-bond donors (Lipinski definition) is 2. The molecule has 8 nitrogen and oxygen atoms in total. The smallest absolute Gasteiger partial charge is 0.244 e. The first-order valence-corrected chi connectivity index (χ1v) is 13.6. The minimum Gasteiger partial charge on any atom is -0.497 e. The maximum Gasteiger partial charge on any atom is 0.244 e. The van der Waals surface area contributed by atoms with Crippen molar-refractivity contribution in [2.75, 3.05) is 14.2 Å². The molecule has 2 aliphatic rings. The van der Waals surface area contributed by atoms with Crippen LogP contribution in [-0.4, -0.2) is 37.5 Å². The van der Waals surface area contributed by atoms with Gasteiger partial charge in [-0.3, -0.25) is 9.59 Å². The van der Waals surface area contributed by atoms with Gasteiger partial charge in [-0.1, -0.05) is 70.5 Å². The number of rotatable bonds is 4. The van der Waals surface area contributed by atoms with Crippen LogP contribution in [0.25, 0.3) is 0 Å². The molecular weight excluding hydrogens is 584 g/mol. The number of hydrogen-bond acceptors (Lipinski definition) is 6. The Morgan fingerprint density at radius 2 is 1.10 bits per heavy atom. The van der Waals surface area contributed by atoms with Crippen molar-refractivity contribution in [1.29, 1.82) is 0 Å². The van der Waals surface area contributed by atoms with Crippen LogP contribution in [0.2, 0.25) is 0 Å². The summed E-state index contributed by atoms with van der Waals surface area (Å²) in [6, 6.07) is 29.0. The molecule has 0 spiro atoms. The molecule has 2 aliphatic heterocycles. The van der Waals surface area contributed by atoms with Gasteiger partial charge in [0, 0.05) is 26.7 Å². The summed E-state index contributed by atoms with van der Waals surface area (Å²) in [6.45, 7) is 0. The average Bonchev–Trinajstić information content (AvgIpc) is 3.27. The summed E-state index contributed by atoms with van der Waals surface area (Å²) in [5.74, 6) is 1.27. The van der Waals surface area contributed by atoms with Gasteiger partial charge in [0.15, 0.2) is 0 Å². The van der Waals surface area contributed by atoms with Gasteiger partial charge in [-0.25, -0.2) is 10.9 Å². The lowest BCUT2D eigenvalue weighted by atomic mass is 9.96. The van der Waals surface area contributed by atoms with Crippen molar-refractivity contribution in [2.24, 2.45) is 10.2 Å². The molecule has 0 saturated heterocycles. The molecule has 6 rings (SSSR count). The molecule has 0 bridgehead atoms. The van der Waals surface area contributed by atoms with Crippen LogP contribution < -0.4 is 20.3 Å². The first kappa shape index (κ1) is 27.8. The fourth-order valence-electron chi connectivity index (χ4n) is 4.54. The summed E-state index contributed by atoms with van der Waals surface area (Å²) < 4.78 is 11.6. The highest BCUT2D eigenvalue weighted by molar-refractivity contribution is 9.10. The summed E-state index contributed by atoms with van der Waals surface area (Å²) in [5, 5.41) is 8.52. The van der Waals surface area contributed by atoms with Crippen molar-refractivity contribution in [3.8, 4) is 11.5 Å². The fourth-order valence-corrected chi connectivity index (χ4v) is 4.80. The molecule has 41 heavy (non-hydrogen) atoms. The van der Waals surface area contributed by atoms with Gasteiger partial charge in [-0.2, -0.15) is 10.2 Å². The first-order valence-electron chi connectivity index (χ1n) is 12.8. The number of carbonyl (C=O) groups excluding carboxylic acids is 2. The second kappa shape index (κ2) is 12.6. The fraction of sp³-hybridized carbons (Fsp3) is 0.125. The lowest BCUT2D eigenvalue weighted by molar-refractivity contribution is -0.121. The Morgan fingerprint density at radius 3 is 1.56 bits per heavy atom. The van der Waals surface area contributed by atoms with E-state index in [9.17, 15) is 9.59 Å². The predicted molar refractivity (Wildman–Crippen MR) is 162 cm³/mol. The number of halogens is 1. The first-order chi connectivity index (χ1) is 19.9. The van der Waals surface area contributed by atoms with E-state index in [1.54, 1.807) is 14.2 Å². The van der Waals surface area contributed by atoms with Gasteiger partial charge in [0.25, 0.3) is 0 Å². The maximum absolute atomic E-state index is 11.8. The highest BCUT2D eigenvalue weighted by Crippen LogP contribution is 2.25. The SMILES string of the molecule is COc1ccc2c(c1)C(c1ccc(Br)cc1)=NNC(=O)C2.COc1ccc2c(c1)C(c1ccccc1)=NNC(=O)C2. The summed E-state index contributed by atoms with van der Waals surface area (Å²) in [5.41, 5.74) is 12.3. The molecule has 2 N–H and O–H groups in total. The molecule has 0 saturated carbocycles. The number of hydrazone groups is 2. The summed E-state index contributed by atoms with van der Waals surface area (Å²) >= 11 is 3.42. The van der Waals surface area contributed by atoms with Gasteiger partial charge in [-0.15, -0.1) is 0 Å². The van der Waals surface area contributed by atoms with Crippen molar-refractivity contribution in [2.45, 2.75) is 12.8 Å². The number of benzene rings is 4. The van der Waals surface area contributed by atoms with E-state index >= 15 is 0 Å². The van der Waals surface area contributed by atoms with Gasteiger partial charge in [-0.05, 0) is 47.5 Å². The lowest BCUT2D eigenvalue weighted by Crippen LogP contribution is -2.18. The van der Waals surface area contributed by atoms with E-state index in [1.807, 2.05) is 91.0 Å². The molecule has 206 valence electrons. The monoisotopic (exact) mass is 610 g/mol. The van der Waals surface area contributed by atoms with E-state index in [0.717, 1.165) is 60.8 Å². The van der Waals surface area contributed by atoms with E-state index in [-0.39, 0.29) is 11.8 Å². The van der Waals surface area contributed by atoms with E-state index in [2.05, 4.69) is 37.0 Å². The van der Waals surface area contributed by atoms with E-state index < -0.39 is 0 Å². The number of amides is 2. The van der Waals surface area contributed by atoms with Crippen molar-refractivity contribution in [1.82, 2.24) is 10.9 Å². The van der Waals surface area contributed by atoms with Crippen LogP contribution in [-0.2, 0) is 22.4 Å². The largest absolute Gasteiger partial charge is 0.497 e. The molecule has 0 unspecified atom stereocenters. The van der Waals surface area contributed by atoms with Crippen LogP contribution in [0.15, 0.2) is 106 Å². The normalized spacial score (nSPS) is 13.8. The van der Waals surface area contributed by atoms with Gasteiger partial charge in [0.1, 0.15) is 11.5 Å². The minimum atomic E-state index is -0.117. The number of nitrogens with one attached hydrogen (secondary N) is 2. The van der Waals surface area contributed by atoms with Gasteiger partial charge >= 0.3 is 0 Å². The zero-order chi connectivity index (χ0) is 28.8. The summed E-state index contributed by atoms with van der Waals surface area (Å²) in [4.78, 5) is 23.5. The van der Waals surface area contributed by atoms with Crippen LogP contribution in [0.1, 0.15) is 33.4 Å². The number of nitrogens with zero attached hydrogens (tertiary/aromatic N) is 2. The molecule has 4 aromatic carbocycles. The van der Waals surface area contributed by atoms with Crippen molar-refractivity contribution in [3.63, 3.8) is 0 Å². The molecule has 9 heteroatoms. The third-order valence-corrected chi connectivity index (χ3v) is 7.12. The number of ether oxygens (including phenoxy) is 2. The zero-order valence-electron chi connectivity index (χ0n) is 22.5. The second-order valence-corrected chi connectivity index (χ2v) is 10.2. The molecule has 2 amide bonds. The molecule has 4 aromatic rings. The molecule has 2 heterocycles. The number of methoxy groups -OCH3 is 2. The van der Waals surface area contributed by atoms with E-state index in [4.69, 9.17) is 9.47 Å². The van der Waals surface area contributed by atoms with Gasteiger partial charge in [0.05, 0.1) is 38.5 Å². The number of fused-ring (bicyclic) bond motifs is 2. The zero-order valence-corrected chi connectivity index (χ0v) is 24.1. The Hall–Kier alpha value is -4.76. The Labute approximate surface area is 246 Å². The van der Waals surface area contributed by atoms with Crippen LogP contribution in [0.3, 0.4) is 0 Å². The second-order valence-electron chi connectivity index (χ2n) is 9.26. The summed E-state index contributed by atoms with van der Waals surface area (Å²) in [6.07, 6.45) is 0.627. The molecule has 0 atom stereocenters. The topological polar surface area (TPSA) is 101 Å². The minimum absolute atomic E-state index is 0.109. The van der Waals surface area contributed by atoms with Gasteiger partial charge < -0.3 is 9.47 Å². The third kappa shape index (κ3) is 6.53. The van der Waals surface area contributed by atoms with Crippen molar-refractivity contribution >= 4 is 39.2 Å². The van der Waals surface area contributed by atoms with E-state index in [1.165, 1.54) is 0 Å². The van der Waals surface area contributed by atoms with Crippen LogP contribution in [0, 0.1) is 0 Å². The van der Waals surface area contributed by atoms with Crippen LogP contribution >= 0.6 is 15.9 Å². The molecule has 0 aliphatic carbocycles. The van der Waals surface area contributed by atoms with Gasteiger partial charge in [0.2, 0.25) is 11.8 Å². The molecular formula is C32H27BrN4O4. The summed E-state index contributed by atoms with van der Waals surface area (Å²) in [7, 11) is 3.25. The highest BCUT2D eigenvalue weighted by atomic mass is 79.9. The standard InChI is InChI=1S/C16H13BrN2O2.C16H14N2O2/c1-21-13-7-4-11-8-15(20)18-19-16(14(11)9-13)10-2-5-12(17)6-3-10;1-20-13-8-7-12-9-15(19)17-18-16(14(12)10-13)11-5-3-2-4-6-11/h2-7,9H,8H2,1H3,(H,18,20);2-8,10H,9H2,1H3,(H,17,19). The Morgan fingerprint density at radius 1 is 0.634 bits per heavy atom. The lowest BCUT2D eigenvalue weighted by Gasteiger charge is -2.10. The molecule has 0 radical (unpaired) electrons. The van der Waals surface area contributed by atoms with E-state index in [0.29, 0.717) is 12.8 Å². The average molecular weight is 611 g/mol. The number of carbonyl (C=O) groups is 2. The predicted octanol–water partition coefficient (Wildman–Crippen LogP) is 5.00. The van der Waals surface area contributed by atoms with Crippen molar-refractivity contribution < 1.29 is 19.1 Å². The Bertz CT molecular complexity index is 1650. The Balaban J connectivity index is 0.000000165. The quantitative estimate of drug-likeness (QED) is 0.339. The maximum atomic E-state index is 11.8. The highest BCUT2D eigenvalue weighted by Gasteiger charge is 2.20. The molecule has 0 fully saturated rings. The molecule has 0 aromatic heterocycles. The van der Waals surface area contributed by atoms with Crippen LogP contribution in [0.4, 0.5) is 0 Å². The Kier molecular flexibility index (Phi) is 8.55. The van der Waals surface area contributed by atoms with Crippen LogP contribution in [0.5, 0.6) is 11.5 Å².